The van der Waals surface area contributed by atoms with E-state index in [0.29, 0.717) is 0 Å². The fourth-order valence-electron chi connectivity index (χ4n) is 4.83. The van der Waals surface area contributed by atoms with Crippen molar-refractivity contribution < 1.29 is 0 Å². The second-order valence-corrected chi connectivity index (χ2v) is 12.4. The highest BCUT2D eigenvalue weighted by molar-refractivity contribution is 9.11. The standard InChI is InChI=1S/C15H12Br2.C13H8Br2/c1-15(2)13-7-9(16)3-5-11(13)12-6-4-10(17)8-14(12)15;14-10-1-3-12-8(6-10)5-9-7-11(15)2-4-13(9)12/h3-8H,1-2H3;1-4,6-7H,5H2. The first-order valence-corrected chi connectivity index (χ1v) is 13.6. The lowest BCUT2D eigenvalue weighted by Crippen LogP contribution is -2.14. The molecule has 0 fully saturated rings. The average molecular weight is 676 g/mol. The quantitative estimate of drug-likeness (QED) is 0.153. The maximum Gasteiger partial charge on any atom is 0.0178 e. The van der Waals surface area contributed by atoms with E-state index in [1.807, 2.05) is 0 Å². The van der Waals surface area contributed by atoms with Crippen molar-refractivity contribution in [3.63, 3.8) is 0 Å². The molecule has 0 bridgehead atoms. The molecule has 0 unspecified atom stereocenters. The predicted octanol–water partition coefficient (Wildman–Crippen LogP) is 10.3. The van der Waals surface area contributed by atoms with Crippen LogP contribution >= 0.6 is 63.7 Å². The molecule has 0 amide bonds. The van der Waals surface area contributed by atoms with Crippen LogP contribution in [-0.4, -0.2) is 0 Å². The molecule has 0 saturated carbocycles. The Hall–Kier alpha value is -1.20. The van der Waals surface area contributed by atoms with Crippen molar-refractivity contribution in [1.29, 1.82) is 0 Å². The molecule has 2 aliphatic carbocycles. The Bertz CT molecular complexity index is 1270. The summed E-state index contributed by atoms with van der Waals surface area (Å²) in [6, 6.07) is 26.2. The molecule has 0 N–H and O–H groups in total. The summed E-state index contributed by atoms with van der Waals surface area (Å²) in [5.41, 5.74) is 11.2. The van der Waals surface area contributed by atoms with Crippen molar-refractivity contribution in [1.82, 2.24) is 0 Å². The highest BCUT2D eigenvalue weighted by Gasteiger charge is 2.35. The van der Waals surface area contributed by atoms with Gasteiger partial charge in [0.25, 0.3) is 0 Å². The molecule has 4 aromatic carbocycles. The molecule has 4 heteroatoms. The molecule has 0 aliphatic heterocycles. The Morgan fingerprint density at radius 1 is 0.500 bits per heavy atom. The van der Waals surface area contributed by atoms with Gasteiger partial charge in [-0.3, -0.25) is 0 Å². The van der Waals surface area contributed by atoms with Crippen molar-refractivity contribution >= 4 is 63.7 Å². The summed E-state index contributed by atoms with van der Waals surface area (Å²) in [5, 5.41) is 0. The molecule has 0 atom stereocenters. The van der Waals surface area contributed by atoms with Gasteiger partial charge in [-0.2, -0.15) is 0 Å². The zero-order valence-electron chi connectivity index (χ0n) is 17.6. The summed E-state index contributed by atoms with van der Waals surface area (Å²) < 4.78 is 4.62. The summed E-state index contributed by atoms with van der Waals surface area (Å²) in [4.78, 5) is 0. The molecule has 0 aromatic heterocycles. The maximum atomic E-state index is 3.57. The largest absolute Gasteiger partial charge is 0.0530 e. The van der Waals surface area contributed by atoms with E-state index in [1.54, 1.807) is 0 Å². The fraction of sp³-hybridized carbons (Fsp3) is 0.143. The smallest absolute Gasteiger partial charge is 0.0178 e. The van der Waals surface area contributed by atoms with E-state index >= 15 is 0 Å². The van der Waals surface area contributed by atoms with Gasteiger partial charge in [-0.05, 0) is 99.5 Å². The molecular weight excluding hydrogens is 656 g/mol. The summed E-state index contributed by atoms with van der Waals surface area (Å²) >= 11 is 14.2. The lowest BCUT2D eigenvalue weighted by Gasteiger charge is -2.21. The molecule has 2 aliphatic rings. The number of rotatable bonds is 0. The highest BCUT2D eigenvalue weighted by atomic mass is 79.9. The minimum absolute atomic E-state index is 0.0816. The number of benzene rings is 4. The minimum atomic E-state index is 0.0816. The van der Waals surface area contributed by atoms with Crippen molar-refractivity contribution in [3.8, 4) is 22.3 Å². The van der Waals surface area contributed by atoms with Crippen LogP contribution in [0.1, 0.15) is 36.1 Å². The second-order valence-electron chi connectivity index (χ2n) is 8.78. The van der Waals surface area contributed by atoms with Crippen LogP contribution in [0.2, 0.25) is 0 Å². The Morgan fingerprint density at radius 3 is 1.25 bits per heavy atom. The number of fused-ring (bicyclic) bond motifs is 6. The molecule has 4 aromatic rings. The zero-order valence-corrected chi connectivity index (χ0v) is 24.0. The molecule has 32 heavy (non-hydrogen) atoms. The van der Waals surface area contributed by atoms with Crippen LogP contribution in [0.3, 0.4) is 0 Å². The topological polar surface area (TPSA) is 0 Å². The van der Waals surface area contributed by atoms with Crippen LogP contribution in [0.15, 0.2) is 90.7 Å². The van der Waals surface area contributed by atoms with Gasteiger partial charge < -0.3 is 0 Å². The summed E-state index contributed by atoms with van der Waals surface area (Å²) in [5.74, 6) is 0. The van der Waals surface area contributed by atoms with Crippen LogP contribution < -0.4 is 0 Å². The van der Waals surface area contributed by atoms with Crippen LogP contribution in [-0.2, 0) is 11.8 Å². The highest BCUT2D eigenvalue weighted by Crippen LogP contribution is 2.49. The first-order valence-electron chi connectivity index (χ1n) is 10.4. The van der Waals surface area contributed by atoms with Crippen molar-refractivity contribution in [2.45, 2.75) is 25.7 Å². The fourth-order valence-corrected chi connectivity index (χ4v) is 6.37. The van der Waals surface area contributed by atoms with Gasteiger partial charge in [-0.25, -0.2) is 0 Å². The van der Waals surface area contributed by atoms with E-state index in [1.165, 1.54) is 44.5 Å². The first kappa shape index (κ1) is 22.6. The molecular formula is C28H20Br4. The Kier molecular flexibility index (Phi) is 6.03. The van der Waals surface area contributed by atoms with Gasteiger partial charge in [0.05, 0.1) is 0 Å². The van der Waals surface area contributed by atoms with Crippen molar-refractivity contribution in [2.75, 3.05) is 0 Å². The molecule has 0 heterocycles. The molecule has 0 spiro atoms. The summed E-state index contributed by atoms with van der Waals surface area (Å²) in [6.07, 6.45) is 1.05. The van der Waals surface area contributed by atoms with E-state index < -0.39 is 0 Å². The summed E-state index contributed by atoms with van der Waals surface area (Å²) in [7, 11) is 0. The van der Waals surface area contributed by atoms with Gasteiger partial charge in [-0.1, -0.05) is 102 Å². The third-order valence-electron chi connectivity index (χ3n) is 6.41. The zero-order chi connectivity index (χ0) is 22.6. The van der Waals surface area contributed by atoms with Crippen LogP contribution in [0, 0.1) is 0 Å². The minimum Gasteiger partial charge on any atom is -0.0530 e. The number of halogens is 4. The van der Waals surface area contributed by atoms with Gasteiger partial charge in [0, 0.05) is 23.3 Å². The van der Waals surface area contributed by atoms with E-state index in [9.17, 15) is 0 Å². The van der Waals surface area contributed by atoms with Gasteiger partial charge in [0.2, 0.25) is 0 Å². The van der Waals surface area contributed by atoms with Gasteiger partial charge in [0.1, 0.15) is 0 Å². The van der Waals surface area contributed by atoms with E-state index in [4.69, 9.17) is 0 Å². The third kappa shape index (κ3) is 3.98. The molecule has 6 rings (SSSR count). The van der Waals surface area contributed by atoms with Crippen LogP contribution in [0.25, 0.3) is 22.3 Å². The van der Waals surface area contributed by atoms with E-state index in [2.05, 4.69) is 150 Å². The van der Waals surface area contributed by atoms with Gasteiger partial charge in [0.15, 0.2) is 0 Å². The lowest BCUT2D eigenvalue weighted by atomic mass is 9.82. The van der Waals surface area contributed by atoms with Gasteiger partial charge >= 0.3 is 0 Å². The Labute approximate surface area is 223 Å². The Balaban J connectivity index is 0.000000136. The van der Waals surface area contributed by atoms with Gasteiger partial charge in [-0.15, -0.1) is 0 Å². The normalized spacial score (nSPS) is 14.1. The van der Waals surface area contributed by atoms with E-state index in [-0.39, 0.29) is 5.41 Å². The molecule has 0 radical (unpaired) electrons. The third-order valence-corrected chi connectivity index (χ3v) is 8.38. The Morgan fingerprint density at radius 2 is 0.844 bits per heavy atom. The molecule has 0 nitrogen and oxygen atoms in total. The van der Waals surface area contributed by atoms with Crippen molar-refractivity contribution in [2.24, 2.45) is 0 Å². The lowest BCUT2D eigenvalue weighted by molar-refractivity contribution is 0.659. The van der Waals surface area contributed by atoms with Crippen LogP contribution in [0.5, 0.6) is 0 Å². The average Bonchev–Trinajstić information content (AvgIpc) is 3.20. The SMILES string of the molecule is Brc1ccc2c(c1)Cc1cc(Br)ccc1-2.CC1(C)c2cc(Br)ccc2-c2ccc(Br)cc21. The number of hydrogen-bond donors (Lipinski definition) is 0. The molecule has 0 saturated heterocycles. The second kappa shape index (κ2) is 8.54. The summed E-state index contributed by atoms with van der Waals surface area (Å²) in [6.45, 7) is 4.58. The van der Waals surface area contributed by atoms with Crippen molar-refractivity contribution in [3.05, 3.63) is 113 Å². The molecule has 160 valence electrons. The first-order chi connectivity index (χ1) is 15.2. The number of hydrogen-bond acceptors (Lipinski definition) is 0. The van der Waals surface area contributed by atoms with E-state index in [0.717, 1.165) is 24.3 Å². The predicted molar refractivity (Wildman–Crippen MR) is 149 cm³/mol. The maximum absolute atomic E-state index is 3.57. The monoisotopic (exact) mass is 672 g/mol. The van der Waals surface area contributed by atoms with Crippen LogP contribution in [0.4, 0.5) is 0 Å².